The van der Waals surface area contributed by atoms with Gasteiger partial charge in [-0.1, -0.05) is 160 Å². The van der Waals surface area contributed by atoms with Crippen LogP contribution in [0.3, 0.4) is 0 Å². The van der Waals surface area contributed by atoms with E-state index in [-0.39, 0.29) is 0 Å². The van der Waals surface area contributed by atoms with Gasteiger partial charge in [-0.25, -0.2) is 0 Å². The Hall–Kier alpha value is -5.49. The number of hydrogen-bond donors (Lipinski definition) is 0. The molecule has 4 nitrogen and oxygen atoms in total. The van der Waals surface area contributed by atoms with Crippen molar-refractivity contribution in [3.63, 3.8) is 0 Å². The number of fused-ring (bicyclic) bond motifs is 2. The van der Waals surface area contributed by atoms with E-state index >= 15 is 0 Å². The van der Waals surface area contributed by atoms with Crippen LogP contribution in [0.1, 0.15) is 71.9 Å². The van der Waals surface area contributed by atoms with Gasteiger partial charge in [-0.15, -0.1) is 11.3 Å². The summed E-state index contributed by atoms with van der Waals surface area (Å²) in [5.74, 6) is 1.04. The van der Waals surface area contributed by atoms with Gasteiger partial charge >= 0.3 is 0 Å². The van der Waals surface area contributed by atoms with Crippen LogP contribution in [0.5, 0.6) is 0 Å². The van der Waals surface area contributed by atoms with Crippen LogP contribution in [0, 0.1) is 40.5 Å². The van der Waals surface area contributed by atoms with Gasteiger partial charge in [0.25, 0.3) is 0 Å². The predicted molar refractivity (Wildman–Crippen MR) is 252 cm³/mol. The lowest BCUT2D eigenvalue weighted by molar-refractivity contribution is 0.185. The number of aromatic nitrogens is 3. The summed E-state index contributed by atoms with van der Waals surface area (Å²) in [7, 11) is 1.70. The molecule has 0 atom stereocenters. The Morgan fingerprint density at radius 3 is 1.69 bits per heavy atom. The van der Waals surface area contributed by atoms with Crippen LogP contribution in [0.15, 0.2) is 176 Å². The van der Waals surface area contributed by atoms with E-state index in [0.29, 0.717) is 6.61 Å². The van der Waals surface area contributed by atoms with Gasteiger partial charge in [-0.05, 0) is 99.0 Å². The first-order chi connectivity index (χ1) is 28.2. The van der Waals surface area contributed by atoms with E-state index in [1.54, 1.807) is 24.6 Å². The molecule has 4 aromatic heterocycles. The normalized spacial score (nSPS) is 11.4. The number of nitrogens with zero attached hydrogens (tertiary/aromatic N) is 3. The zero-order valence-electron chi connectivity index (χ0n) is 35.7. The van der Waals surface area contributed by atoms with E-state index in [0.717, 1.165) is 22.6 Å². The van der Waals surface area contributed by atoms with Gasteiger partial charge in [0.15, 0.2) is 0 Å². The Labute approximate surface area is 353 Å². The summed E-state index contributed by atoms with van der Waals surface area (Å²) >= 11 is 1.78. The van der Waals surface area contributed by atoms with E-state index in [1.807, 2.05) is 129 Å². The lowest BCUT2D eigenvalue weighted by Gasteiger charge is -2.15. The summed E-state index contributed by atoms with van der Waals surface area (Å²) in [5, 5.41) is 4.50. The van der Waals surface area contributed by atoms with Crippen LogP contribution in [-0.2, 0) is 11.3 Å². The molecule has 0 radical (unpaired) electrons. The molecule has 0 bridgehead atoms. The second-order valence-corrected chi connectivity index (χ2v) is 15.6. The van der Waals surface area contributed by atoms with Crippen LogP contribution < -0.4 is 0 Å². The van der Waals surface area contributed by atoms with E-state index in [1.165, 1.54) is 70.0 Å². The van der Waals surface area contributed by atoms with Crippen molar-refractivity contribution in [3.05, 3.63) is 208 Å². The highest BCUT2D eigenvalue weighted by atomic mass is 32.1. The molecule has 0 amide bonds. The highest BCUT2D eigenvalue weighted by Gasteiger charge is 2.06. The molecule has 302 valence electrons. The molecule has 0 spiro atoms. The van der Waals surface area contributed by atoms with Crippen molar-refractivity contribution in [2.24, 2.45) is 5.92 Å². The first-order valence-electron chi connectivity index (χ1n) is 20.3. The minimum atomic E-state index is 0.709. The summed E-state index contributed by atoms with van der Waals surface area (Å²) in [6.45, 7) is 13.3. The number of para-hydroxylation sites is 2. The van der Waals surface area contributed by atoms with Crippen LogP contribution >= 0.6 is 11.3 Å². The lowest BCUT2D eigenvalue weighted by atomic mass is 9.91. The van der Waals surface area contributed by atoms with Gasteiger partial charge < -0.3 is 4.74 Å². The lowest BCUT2D eigenvalue weighted by Crippen LogP contribution is -1.99. The molecular formula is C53H63N3OS. The summed E-state index contributed by atoms with van der Waals surface area (Å²) in [6, 6.07) is 51.0. The van der Waals surface area contributed by atoms with Crippen molar-refractivity contribution in [1.82, 2.24) is 15.0 Å². The molecule has 8 aromatic rings. The topological polar surface area (TPSA) is 47.9 Å². The van der Waals surface area contributed by atoms with Gasteiger partial charge in [-0.2, -0.15) is 0 Å². The van der Waals surface area contributed by atoms with Crippen molar-refractivity contribution in [3.8, 4) is 0 Å². The first kappa shape index (κ1) is 46.9. The maximum Gasteiger partial charge on any atom is 0.0713 e. The Bertz CT molecular complexity index is 2070. The van der Waals surface area contributed by atoms with Gasteiger partial charge in [0.2, 0.25) is 0 Å². The number of aryl methyl sites for hydroxylation is 5. The van der Waals surface area contributed by atoms with Crippen molar-refractivity contribution in [2.75, 3.05) is 7.11 Å². The summed E-state index contributed by atoms with van der Waals surface area (Å²) in [4.78, 5) is 13.9. The molecule has 4 heterocycles. The maximum atomic E-state index is 4.93. The SMILES string of the molecule is CC1CCCCC1.COCc1ccccc1.Cc1ccc2ccccc2n1.Cc1ccccc1.Cc1cccnc1.Cc1cccs1.Cc1cnc2ccccc2c1. The summed E-state index contributed by atoms with van der Waals surface area (Å²) < 4.78 is 4.93. The molecule has 0 saturated heterocycles. The highest BCUT2D eigenvalue weighted by Crippen LogP contribution is 2.22. The molecule has 0 unspecified atom stereocenters. The second-order valence-electron chi connectivity index (χ2n) is 14.4. The zero-order valence-corrected chi connectivity index (χ0v) is 36.5. The van der Waals surface area contributed by atoms with Crippen LogP contribution in [-0.4, -0.2) is 22.1 Å². The minimum absolute atomic E-state index is 0.709. The molecule has 1 fully saturated rings. The van der Waals surface area contributed by atoms with E-state index < -0.39 is 0 Å². The fourth-order valence-electron chi connectivity index (χ4n) is 5.74. The molecular weight excluding hydrogens is 727 g/mol. The minimum Gasteiger partial charge on any atom is -0.380 e. The van der Waals surface area contributed by atoms with Crippen molar-refractivity contribution in [1.29, 1.82) is 0 Å². The number of rotatable bonds is 2. The Morgan fingerprint density at radius 1 is 0.569 bits per heavy atom. The quantitative estimate of drug-likeness (QED) is 0.175. The smallest absolute Gasteiger partial charge is 0.0713 e. The number of hydrogen-bond acceptors (Lipinski definition) is 5. The Balaban J connectivity index is 0.000000183. The molecule has 0 N–H and O–H groups in total. The standard InChI is InChI=1S/2C10H9N.C8H10O.C7H14.C7H8.C6H7N.C5H6S/c1-8-6-9-4-2-3-5-10(9)11-7-8;1-8-6-7-9-4-2-3-5-10(9)11-8;1-9-7-8-5-3-2-4-6-8;2*1-7-5-3-2-4-6-7;1-6-3-2-4-7-5-6;1-5-3-2-4-6-5/h2*2-7H,1H3;2-6H,7H2,1H3;7H,2-6H2,1H3;2-6H,1H3;2-5H,1H3;2-4H,1H3. The van der Waals surface area contributed by atoms with Crippen molar-refractivity contribution in [2.45, 2.75) is 80.3 Å². The van der Waals surface area contributed by atoms with Crippen LogP contribution in [0.2, 0.25) is 0 Å². The average Bonchev–Trinajstić information content (AvgIpc) is 3.74. The molecule has 1 aliphatic rings. The highest BCUT2D eigenvalue weighted by molar-refractivity contribution is 7.09. The number of thiophene rings is 1. The molecule has 0 aliphatic heterocycles. The number of benzene rings is 4. The Kier molecular flexibility index (Phi) is 23.3. The predicted octanol–water partition coefficient (Wildman–Crippen LogP) is 14.9. The van der Waals surface area contributed by atoms with E-state index in [2.05, 4.69) is 96.6 Å². The second kappa shape index (κ2) is 28.8. The number of ether oxygens (including phenoxy) is 1. The van der Waals surface area contributed by atoms with Crippen molar-refractivity contribution >= 4 is 33.1 Å². The monoisotopic (exact) mass is 789 g/mol. The van der Waals surface area contributed by atoms with Gasteiger partial charge in [0.1, 0.15) is 0 Å². The third-order valence-electron chi connectivity index (χ3n) is 8.93. The molecule has 58 heavy (non-hydrogen) atoms. The first-order valence-corrected chi connectivity index (χ1v) is 21.2. The van der Waals surface area contributed by atoms with Gasteiger partial charge in [0, 0.05) is 47.0 Å². The zero-order chi connectivity index (χ0) is 41.6. The molecule has 1 saturated carbocycles. The Morgan fingerprint density at radius 2 is 1.19 bits per heavy atom. The van der Waals surface area contributed by atoms with E-state index in [9.17, 15) is 0 Å². The third-order valence-corrected chi connectivity index (χ3v) is 9.73. The van der Waals surface area contributed by atoms with Gasteiger partial charge in [-0.3, -0.25) is 15.0 Å². The number of pyridine rings is 3. The molecule has 5 heteroatoms. The fraction of sp³-hybridized carbons (Fsp3) is 0.264. The fourth-order valence-corrected chi connectivity index (χ4v) is 6.27. The van der Waals surface area contributed by atoms with Crippen LogP contribution in [0.4, 0.5) is 0 Å². The van der Waals surface area contributed by atoms with Gasteiger partial charge in [0.05, 0.1) is 17.6 Å². The molecule has 1 aliphatic carbocycles. The maximum absolute atomic E-state index is 4.93. The third kappa shape index (κ3) is 21.2. The molecule has 4 aromatic carbocycles. The van der Waals surface area contributed by atoms with Crippen LogP contribution in [0.25, 0.3) is 21.8 Å². The van der Waals surface area contributed by atoms with E-state index in [4.69, 9.17) is 4.74 Å². The molecule has 9 rings (SSSR count). The average molecular weight is 790 g/mol. The number of methoxy groups -OCH3 is 1. The largest absolute Gasteiger partial charge is 0.380 e. The summed E-state index contributed by atoms with van der Waals surface area (Å²) in [6.07, 6.45) is 12.9. The summed E-state index contributed by atoms with van der Waals surface area (Å²) in [5.41, 5.74) is 8.18. The van der Waals surface area contributed by atoms with Crippen molar-refractivity contribution < 1.29 is 4.74 Å².